The summed E-state index contributed by atoms with van der Waals surface area (Å²) in [5, 5.41) is 11.0. The van der Waals surface area contributed by atoms with E-state index in [1.54, 1.807) is 12.1 Å². The van der Waals surface area contributed by atoms with Crippen molar-refractivity contribution in [1.82, 2.24) is 0 Å². The molecular weight excluding hydrogens is 258 g/mol. The molecule has 0 N–H and O–H groups in total. The predicted molar refractivity (Wildman–Crippen MR) is 74.4 cm³/mol. The number of benzene rings is 2. The van der Waals surface area contributed by atoms with Gasteiger partial charge in [0.15, 0.2) is 0 Å². The Balaban J connectivity index is 2.32. The van der Waals surface area contributed by atoms with Crippen LogP contribution in [-0.2, 0) is 6.42 Å². The molecule has 20 heavy (non-hydrogen) atoms. The fraction of sp³-hybridized carbons (Fsp3) is 0.133. The van der Waals surface area contributed by atoms with Crippen LogP contribution in [0.15, 0.2) is 42.5 Å². The molecule has 0 bridgehead atoms. The molecule has 0 amide bonds. The average Bonchev–Trinajstić information content (AvgIpc) is 2.48. The highest BCUT2D eigenvalue weighted by Crippen LogP contribution is 2.31. The van der Waals surface area contributed by atoms with Crippen LogP contribution in [0.2, 0.25) is 0 Å². The minimum atomic E-state index is -0.567. The number of carbonyl (C=O) groups excluding carboxylic acids is 1. The van der Waals surface area contributed by atoms with Gasteiger partial charge in [-0.2, -0.15) is 0 Å². The van der Waals surface area contributed by atoms with Gasteiger partial charge >= 0.3 is 5.69 Å². The zero-order valence-electron chi connectivity index (χ0n) is 10.9. The normalized spacial score (nSPS) is 10.1. The monoisotopic (exact) mass is 271 g/mol. The molecule has 0 heterocycles. The second kappa shape index (κ2) is 5.97. The lowest BCUT2D eigenvalue weighted by Gasteiger charge is -2.07. The number of hydrogen-bond donors (Lipinski definition) is 0. The van der Waals surface area contributed by atoms with Gasteiger partial charge in [-0.1, -0.05) is 19.1 Å². The van der Waals surface area contributed by atoms with Crippen LogP contribution in [0.3, 0.4) is 0 Å². The molecule has 2 rings (SSSR count). The lowest BCUT2D eigenvalue weighted by atomic mass is 10.1. The molecule has 102 valence electrons. The van der Waals surface area contributed by atoms with Crippen molar-refractivity contribution in [2.75, 3.05) is 0 Å². The van der Waals surface area contributed by atoms with Crippen LogP contribution in [0, 0.1) is 10.1 Å². The van der Waals surface area contributed by atoms with Crippen molar-refractivity contribution >= 4 is 12.0 Å². The molecule has 0 saturated carbocycles. The molecule has 2 aromatic rings. The summed E-state index contributed by atoms with van der Waals surface area (Å²) in [4.78, 5) is 21.1. The second-order valence-electron chi connectivity index (χ2n) is 4.20. The van der Waals surface area contributed by atoms with Crippen LogP contribution >= 0.6 is 0 Å². The Bertz CT molecular complexity index is 635. The van der Waals surface area contributed by atoms with Gasteiger partial charge in [-0.25, -0.2) is 0 Å². The summed E-state index contributed by atoms with van der Waals surface area (Å²) in [7, 11) is 0. The molecule has 0 unspecified atom stereocenters. The molecule has 0 atom stereocenters. The molecule has 0 spiro atoms. The second-order valence-corrected chi connectivity index (χ2v) is 4.20. The third kappa shape index (κ3) is 3.00. The van der Waals surface area contributed by atoms with E-state index in [2.05, 4.69) is 0 Å². The van der Waals surface area contributed by atoms with Crippen LogP contribution in [0.5, 0.6) is 11.5 Å². The van der Waals surface area contributed by atoms with E-state index in [0.717, 1.165) is 12.0 Å². The van der Waals surface area contributed by atoms with Crippen molar-refractivity contribution in [2.24, 2.45) is 0 Å². The van der Waals surface area contributed by atoms with Crippen LogP contribution in [0.1, 0.15) is 22.8 Å². The first-order valence-corrected chi connectivity index (χ1v) is 6.14. The Morgan fingerprint density at radius 1 is 1.20 bits per heavy atom. The Kier molecular flexibility index (Phi) is 4.10. The standard InChI is InChI=1S/C15H13NO4/c1-2-11-3-6-13(7-4-11)20-15-8-5-12(10-17)9-14(15)16(18)19/h3-10H,2H2,1H3. The maximum absolute atomic E-state index is 11.0. The van der Waals surface area contributed by atoms with E-state index >= 15 is 0 Å². The molecule has 0 aliphatic carbocycles. The van der Waals surface area contributed by atoms with Crippen molar-refractivity contribution in [3.8, 4) is 11.5 Å². The SMILES string of the molecule is CCc1ccc(Oc2ccc(C=O)cc2[N+](=O)[O-])cc1. The Hall–Kier alpha value is -2.69. The third-order valence-corrected chi connectivity index (χ3v) is 2.88. The highest BCUT2D eigenvalue weighted by atomic mass is 16.6. The molecule has 0 aliphatic rings. The number of aryl methyl sites for hydroxylation is 1. The Morgan fingerprint density at radius 3 is 2.45 bits per heavy atom. The summed E-state index contributed by atoms with van der Waals surface area (Å²) in [5.74, 6) is 0.633. The fourth-order valence-corrected chi connectivity index (χ4v) is 1.76. The number of rotatable bonds is 5. The van der Waals surface area contributed by atoms with Gasteiger partial charge in [-0.05, 0) is 36.2 Å². The molecule has 0 aromatic heterocycles. The van der Waals surface area contributed by atoms with Gasteiger partial charge in [-0.15, -0.1) is 0 Å². The number of ether oxygens (including phenoxy) is 1. The van der Waals surface area contributed by atoms with E-state index in [1.165, 1.54) is 18.2 Å². The first-order chi connectivity index (χ1) is 9.63. The van der Waals surface area contributed by atoms with Crippen molar-refractivity contribution in [2.45, 2.75) is 13.3 Å². The molecule has 5 heteroatoms. The zero-order chi connectivity index (χ0) is 14.5. The van der Waals surface area contributed by atoms with E-state index in [1.807, 2.05) is 19.1 Å². The molecule has 2 aromatic carbocycles. The highest BCUT2D eigenvalue weighted by molar-refractivity contribution is 5.77. The van der Waals surface area contributed by atoms with Gasteiger partial charge in [0.25, 0.3) is 0 Å². The summed E-state index contributed by atoms with van der Waals surface area (Å²) in [5.41, 5.74) is 1.17. The summed E-state index contributed by atoms with van der Waals surface area (Å²) in [6.45, 7) is 2.04. The number of nitro benzene ring substituents is 1. The molecule has 0 aliphatic heterocycles. The van der Waals surface area contributed by atoms with Gasteiger partial charge in [0.1, 0.15) is 12.0 Å². The number of aldehydes is 1. The molecule has 0 saturated heterocycles. The van der Waals surface area contributed by atoms with Crippen LogP contribution in [0.4, 0.5) is 5.69 Å². The topological polar surface area (TPSA) is 69.4 Å². The first kappa shape index (κ1) is 13.7. The van der Waals surface area contributed by atoms with Gasteiger partial charge in [0.05, 0.1) is 4.92 Å². The zero-order valence-corrected chi connectivity index (χ0v) is 10.9. The number of nitro groups is 1. The minimum Gasteiger partial charge on any atom is -0.450 e. The maximum atomic E-state index is 11.0. The summed E-state index contributed by atoms with van der Waals surface area (Å²) in [6, 6.07) is 11.4. The predicted octanol–water partition coefficient (Wildman–Crippen LogP) is 3.76. The summed E-state index contributed by atoms with van der Waals surface area (Å²) < 4.78 is 5.51. The third-order valence-electron chi connectivity index (χ3n) is 2.88. The van der Waals surface area contributed by atoms with Gasteiger partial charge < -0.3 is 4.74 Å². The van der Waals surface area contributed by atoms with E-state index in [9.17, 15) is 14.9 Å². The van der Waals surface area contributed by atoms with Crippen molar-refractivity contribution in [1.29, 1.82) is 0 Å². The largest absolute Gasteiger partial charge is 0.450 e. The number of hydrogen-bond acceptors (Lipinski definition) is 4. The van der Waals surface area contributed by atoms with E-state index < -0.39 is 4.92 Å². The number of carbonyl (C=O) groups is 1. The Labute approximate surface area is 116 Å². The lowest BCUT2D eigenvalue weighted by molar-refractivity contribution is -0.385. The minimum absolute atomic E-state index is 0.116. The van der Waals surface area contributed by atoms with Crippen LogP contribution < -0.4 is 4.74 Å². The van der Waals surface area contributed by atoms with Crippen molar-refractivity contribution < 1.29 is 14.5 Å². The smallest absolute Gasteiger partial charge is 0.312 e. The quantitative estimate of drug-likeness (QED) is 0.471. The van der Waals surface area contributed by atoms with Gasteiger partial charge in [0, 0.05) is 11.6 Å². The van der Waals surface area contributed by atoms with E-state index in [0.29, 0.717) is 12.0 Å². The fourth-order valence-electron chi connectivity index (χ4n) is 1.76. The Morgan fingerprint density at radius 2 is 1.90 bits per heavy atom. The van der Waals surface area contributed by atoms with Crippen molar-refractivity contribution in [3.63, 3.8) is 0 Å². The molecule has 0 fully saturated rings. The molecule has 0 radical (unpaired) electrons. The molecular formula is C15H13NO4. The van der Waals surface area contributed by atoms with Crippen LogP contribution in [0.25, 0.3) is 0 Å². The van der Waals surface area contributed by atoms with E-state index in [4.69, 9.17) is 4.74 Å². The summed E-state index contributed by atoms with van der Waals surface area (Å²) >= 11 is 0. The number of nitrogens with zero attached hydrogens (tertiary/aromatic N) is 1. The van der Waals surface area contributed by atoms with E-state index in [-0.39, 0.29) is 17.0 Å². The summed E-state index contributed by atoms with van der Waals surface area (Å²) in [6.07, 6.45) is 1.47. The van der Waals surface area contributed by atoms with Gasteiger partial charge in [-0.3, -0.25) is 14.9 Å². The maximum Gasteiger partial charge on any atom is 0.312 e. The van der Waals surface area contributed by atoms with Crippen molar-refractivity contribution in [3.05, 3.63) is 63.7 Å². The molecule has 5 nitrogen and oxygen atoms in total. The first-order valence-electron chi connectivity index (χ1n) is 6.14. The lowest BCUT2D eigenvalue weighted by Crippen LogP contribution is -1.95. The average molecular weight is 271 g/mol. The van der Waals surface area contributed by atoms with Crippen LogP contribution in [-0.4, -0.2) is 11.2 Å². The highest BCUT2D eigenvalue weighted by Gasteiger charge is 2.16. The van der Waals surface area contributed by atoms with Gasteiger partial charge in [0.2, 0.25) is 5.75 Å².